The first kappa shape index (κ1) is 14.2. The number of likely N-dealkylation sites (tertiary alicyclic amines) is 1. The molecule has 1 heterocycles. The first-order chi connectivity index (χ1) is 5.86. The average Bonchev–Trinajstić information content (AvgIpc) is 2.15. The van der Waals surface area contributed by atoms with Crippen LogP contribution in [0.25, 0.3) is 0 Å². The Balaban J connectivity index is 0.00000144. The molecule has 1 aliphatic rings. The molecule has 13 heavy (non-hydrogen) atoms. The molecule has 0 spiro atoms. The van der Waals surface area contributed by atoms with Crippen LogP contribution in [0.1, 0.15) is 12.8 Å². The minimum atomic E-state index is 0. The molecule has 1 saturated heterocycles. The Morgan fingerprint density at radius 1 is 1.38 bits per heavy atom. The first-order valence-corrected chi connectivity index (χ1v) is 4.46. The molecule has 5 heteroatoms. The summed E-state index contributed by atoms with van der Waals surface area (Å²) in [6.07, 6.45) is 1.98. The maximum atomic E-state index is 10.5. The van der Waals surface area contributed by atoms with Crippen molar-refractivity contribution in [2.24, 2.45) is 11.1 Å². The van der Waals surface area contributed by atoms with Crippen molar-refractivity contribution in [1.29, 1.82) is 0 Å². The van der Waals surface area contributed by atoms with Gasteiger partial charge >= 0.3 is 51.4 Å². The van der Waals surface area contributed by atoms with Gasteiger partial charge in [0.15, 0.2) is 0 Å². The van der Waals surface area contributed by atoms with Gasteiger partial charge in [-0.25, -0.2) is 0 Å². The van der Waals surface area contributed by atoms with Gasteiger partial charge in [0.2, 0.25) is 0 Å². The van der Waals surface area contributed by atoms with E-state index in [1.54, 1.807) is 0 Å². The molecule has 0 atom stereocenters. The fraction of sp³-hybridized carbons (Fsp3) is 1.00. The third kappa shape index (κ3) is 5.56. The van der Waals surface area contributed by atoms with Crippen LogP contribution >= 0.6 is 0 Å². The van der Waals surface area contributed by atoms with Crippen LogP contribution in [-0.2, 0) is 0 Å². The SMILES string of the molecule is O=NCCN1CCC(C[O-])CC1.[K+]. The Morgan fingerprint density at radius 3 is 2.46 bits per heavy atom. The van der Waals surface area contributed by atoms with Gasteiger partial charge in [0.25, 0.3) is 0 Å². The number of hydrogen-bond donors (Lipinski definition) is 0. The van der Waals surface area contributed by atoms with Crippen LogP contribution in [0, 0.1) is 10.8 Å². The van der Waals surface area contributed by atoms with E-state index in [1.807, 2.05) is 0 Å². The second-order valence-electron chi connectivity index (χ2n) is 3.30. The molecule has 0 aromatic rings. The van der Waals surface area contributed by atoms with Gasteiger partial charge in [0.1, 0.15) is 0 Å². The molecule has 0 saturated carbocycles. The van der Waals surface area contributed by atoms with Crippen molar-refractivity contribution < 1.29 is 56.5 Å². The average molecular weight is 210 g/mol. The van der Waals surface area contributed by atoms with E-state index < -0.39 is 0 Å². The monoisotopic (exact) mass is 210 g/mol. The summed E-state index contributed by atoms with van der Waals surface area (Å²) in [5.74, 6) is 0.366. The molecular formula is C8H15KN2O2. The summed E-state index contributed by atoms with van der Waals surface area (Å²) in [5.41, 5.74) is 0. The van der Waals surface area contributed by atoms with Gasteiger partial charge in [-0.05, 0) is 25.9 Å². The molecule has 4 nitrogen and oxygen atoms in total. The van der Waals surface area contributed by atoms with Crippen molar-refractivity contribution in [2.45, 2.75) is 12.8 Å². The van der Waals surface area contributed by atoms with Crippen molar-refractivity contribution in [3.8, 4) is 0 Å². The fourth-order valence-corrected chi connectivity index (χ4v) is 1.56. The molecule has 0 aliphatic carbocycles. The zero-order chi connectivity index (χ0) is 8.81. The molecule has 0 bridgehead atoms. The van der Waals surface area contributed by atoms with E-state index in [2.05, 4.69) is 10.1 Å². The van der Waals surface area contributed by atoms with Gasteiger partial charge in [-0.2, -0.15) is 4.91 Å². The number of nitroso groups, excluding NO2 is 1. The Hall–Kier alpha value is 1.16. The molecule has 0 aromatic carbocycles. The molecule has 0 N–H and O–H groups in total. The zero-order valence-corrected chi connectivity index (χ0v) is 11.4. The predicted octanol–water partition coefficient (Wildman–Crippen LogP) is -3.17. The number of rotatable bonds is 4. The molecule has 0 unspecified atom stereocenters. The molecule has 0 aromatic heterocycles. The second kappa shape index (κ2) is 8.46. The molecule has 1 aliphatic heterocycles. The van der Waals surface area contributed by atoms with Crippen molar-refractivity contribution >= 4 is 0 Å². The Labute approximate surface area is 121 Å². The number of piperidine rings is 1. The normalized spacial score (nSPS) is 19.5. The van der Waals surface area contributed by atoms with Crippen LogP contribution in [0.5, 0.6) is 0 Å². The van der Waals surface area contributed by atoms with Gasteiger partial charge in [-0.1, -0.05) is 11.1 Å². The quantitative estimate of drug-likeness (QED) is 0.363. The molecule has 70 valence electrons. The van der Waals surface area contributed by atoms with Crippen LogP contribution in [0.4, 0.5) is 0 Å². The van der Waals surface area contributed by atoms with E-state index in [1.165, 1.54) is 0 Å². The van der Waals surface area contributed by atoms with Crippen molar-refractivity contribution in [1.82, 2.24) is 4.90 Å². The topological polar surface area (TPSA) is 55.7 Å². The number of nitrogens with zero attached hydrogens (tertiary/aromatic N) is 2. The van der Waals surface area contributed by atoms with E-state index in [0.717, 1.165) is 32.5 Å². The predicted molar refractivity (Wildman–Crippen MR) is 44.7 cm³/mol. The van der Waals surface area contributed by atoms with Crippen LogP contribution in [0.15, 0.2) is 5.18 Å². The van der Waals surface area contributed by atoms with E-state index >= 15 is 0 Å². The first-order valence-electron chi connectivity index (χ1n) is 4.46. The molecule has 1 fully saturated rings. The summed E-state index contributed by atoms with van der Waals surface area (Å²) in [6, 6.07) is 0. The van der Waals surface area contributed by atoms with Gasteiger partial charge < -0.3 is 10.0 Å². The minimum Gasteiger partial charge on any atom is -0.854 e. The molecule has 0 amide bonds. The van der Waals surface area contributed by atoms with Crippen LogP contribution in [0.3, 0.4) is 0 Å². The van der Waals surface area contributed by atoms with E-state index in [4.69, 9.17) is 0 Å². The van der Waals surface area contributed by atoms with Gasteiger partial charge in [0.05, 0.1) is 6.54 Å². The maximum absolute atomic E-state index is 10.5. The fourth-order valence-electron chi connectivity index (χ4n) is 1.56. The Morgan fingerprint density at radius 2 is 2.00 bits per heavy atom. The van der Waals surface area contributed by atoms with Gasteiger partial charge in [-0.15, -0.1) is 6.61 Å². The summed E-state index contributed by atoms with van der Waals surface area (Å²) in [6.45, 7) is 3.11. The standard InChI is InChI=1S/C8H15N2O2.K/c11-7-8-1-4-10(5-2-8)6-3-9-12;/h8H,1-7H2;/q-1;+1. The Bertz CT molecular complexity index is 138. The summed E-state index contributed by atoms with van der Waals surface area (Å²) >= 11 is 0. The largest absolute Gasteiger partial charge is 1.00 e. The zero-order valence-electron chi connectivity index (χ0n) is 8.24. The van der Waals surface area contributed by atoms with E-state index in [0.29, 0.717) is 12.5 Å². The van der Waals surface area contributed by atoms with Gasteiger partial charge in [-0.3, -0.25) is 0 Å². The molecule has 1 rings (SSSR count). The van der Waals surface area contributed by atoms with Gasteiger partial charge in [0, 0.05) is 6.54 Å². The van der Waals surface area contributed by atoms with Crippen molar-refractivity contribution in [3.63, 3.8) is 0 Å². The maximum Gasteiger partial charge on any atom is 1.00 e. The van der Waals surface area contributed by atoms with Crippen LogP contribution in [-0.4, -0.2) is 37.7 Å². The second-order valence-corrected chi connectivity index (χ2v) is 3.30. The van der Waals surface area contributed by atoms with Crippen LogP contribution in [0.2, 0.25) is 0 Å². The number of hydrogen-bond acceptors (Lipinski definition) is 4. The summed E-state index contributed by atoms with van der Waals surface area (Å²) in [5, 5.41) is 13.3. The van der Waals surface area contributed by atoms with E-state index in [-0.39, 0.29) is 58.0 Å². The summed E-state index contributed by atoms with van der Waals surface area (Å²) in [4.78, 5) is 12.0. The minimum absolute atomic E-state index is 0. The summed E-state index contributed by atoms with van der Waals surface area (Å²) in [7, 11) is 0. The third-order valence-corrected chi connectivity index (χ3v) is 2.45. The Kier molecular flexibility index (Phi) is 9.22. The van der Waals surface area contributed by atoms with Crippen LogP contribution < -0.4 is 56.5 Å². The molecular weight excluding hydrogens is 195 g/mol. The van der Waals surface area contributed by atoms with Crippen molar-refractivity contribution in [2.75, 3.05) is 32.8 Å². The third-order valence-electron chi connectivity index (χ3n) is 2.45. The smallest absolute Gasteiger partial charge is 0.854 e. The van der Waals surface area contributed by atoms with E-state index in [9.17, 15) is 10.0 Å². The molecule has 0 radical (unpaired) electrons. The van der Waals surface area contributed by atoms with Crippen molar-refractivity contribution in [3.05, 3.63) is 4.91 Å². The summed E-state index contributed by atoms with van der Waals surface area (Å²) < 4.78 is 0.